The van der Waals surface area contributed by atoms with Crippen molar-refractivity contribution in [3.05, 3.63) is 24.2 Å². The van der Waals surface area contributed by atoms with Crippen LogP contribution in [0.25, 0.3) is 0 Å². The van der Waals surface area contributed by atoms with E-state index in [0.29, 0.717) is 0 Å². The zero-order valence-corrected chi connectivity index (χ0v) is 11.2. The third-order valence-electron chi connectivity index (χ3n) is 0.943. The van der Waals surface area contributed by atoms with Gasteiger partial charge in [0, 0.05) is 14.1 Å². The number of carbonyl (C=O) groups is 2. The first-order valence-electron chi connectivity index (χ1n) is 3.46. The largest absolute Gasteiger partial charge is 3.00 e. The van der Waals surface area contributed by atoms with Crippen molar-refractivity contribution in [2.45, 2.75) is 0 Å². The van der Waals surface area contributed by atoms with Crippen LogP contribution in [0.1, 0.15) is 10.6 Å². The van der Waals surface area contributed by atoms with E-state index in [-0.39, 0.29) is 50.6 Å². The van der Waals surface area contributed by atoms with Gasteiger partial charge in [0.05, 0.1) is 6.26 Å². The number of carboxylic acids is 1. The maximum absolute atomic E-state index is 9.97. The molecular weight excluding hydrogens is 321 g/mol. The van der Waals surface area contributed by atoms with E-state index in [1.165, 1.54) is 23.3 Å². The van der Waals surface area contributed by atoms with Crippen molar-refractivity contribution in [3.63, 3.8) is 0 Å². The van der Waals surface area contributed by atoms with Gasteiger partial charge < -0.3 is 25.4 Å². The second-order valence-electron chi connectivity index (χ2n) is 2.35. The molecule has 1 rings (SSSR count). The molecule has 9 heteroatoms. The van der Waals surface area contributed by atoms with E-state index in [9.17, 15) is 9.59 Å². The number of hydrogen-bond acceptors (Lipinski definition) is 3. The molecular formula is C8H13CoFeNO6+3. The molecule has 1 heterocycles. The van der Waals surface area contributed by atoms with Gasteiger partial charge in [0.15, 0.2) is 0 Å². The van der Waals surface area contributed by atoms with Crippen molar-refractivity contribution in [2.24, 2.45) is 0 Å². The van der Waals surface area contributed by atoms with Crippen LogP contribution in [0.15, 0.2) is 22.8 Å². The van der Waals surface area contributed by atoms with Crippen LogP contribution in [0, 0.1) is 0 Å². The Morgan fingerprint density at radius 3 is 2.00 bits per heavy atom. The molecule has 0 aliphatic rings. The van der Waals surface area contributed by atoms with Crippen LogP contribution in [-0.2, 0) is 44.1 Å². The Morgan fingerprint density at radius 1 is 1.47 bits per heavy atom. The summed E-state index contributed by atoms with van der Waals surface area (Å²) in [6.45, 7) is 0. The Morgan fingerprint density at radius 2 is 1.88 bits per heavy atom. The molecule has 0 bridgehead atoms. The average Bonchev–Trinajstić information content (AvgIpc) is 2.57. The fourth-order valence-corrected chi connectivity index (χ4v) is 0.400. The third kappa shape index (κ3) is 17.8. The van der Waals surface area contributed by atoms with E-state index >= 15 is 0 Å². The van der Waals surface area contributed by atoms with E-state index in [2.05, 4.69) is 4.42 Å². The van der Waals surface area contributed by atoms with E-state index in [1.54, 1.807) is 14.1 Å². The van der Waals surface area contributed by atoms with Gasteiger partial charge in [0.25, 0.3) is 0 Å². The minimum Gasteiger partial charge on any atom is -2.00 e. The Hall–Kier alpha value is -0.834. The van der Waals surface area contributed by atoms with Gasteiger partial charge in [-0.1, -0.05) is 0 Å². The van der Waals surface area contributed by atoms with Crippen LogP contribution >= 0.6 is 0 Å². The van der Waals surface area contributed by atoms with E-state index in [0.717, 1.165) is 6.41 Å². The number of carboxylic acid groups (broad SMARTS) is 1. The SMILES string of the molecule is CN(C)C=O.O.O=C(O)c1ccco1.[Co+2].[Fe+3].[O-2]. The van der Waals surface area contributed by atoms with Gasteiger partial charge in [-0.05, 0) is 12.1 Å². The molecule has 17 heavy (non-hydrogen) atoms. The van der Waals surface area contributed by atoms with Crippen LogP contribution < -0.4 is 0 Å². The Bertz CT molecular complexity index is 267. The molecule has 1 aromatic rings. The fourth-order valence-electron chi connectivity index (χ4n) is 0.400. The second kappa shape index (κ2) is 17.6. The molecule has 0 saturated heterocycles. The summed E-state index contributed by atoms with van der Waals surface area (Å²) in [6, 6.07) is 2.92. The summed E-state index contributed by atoms with van der Waals surface area (Å²) in [5.41, 5.74) is 0. The first-order chi connectivity index (χ1) is 6.07. The minimum absolute atomic E-state index is 0. The Kier molecular flexibility index (Phi) is 30.8. The molecule has 1 aromatic heterocycles. The van der Waals surface area contributed by atoms with Crippen molar-refractivity contribution >= 4 is 12.4 Å². The van der Waals surface area contributed by atoms with Crippen molar-refractivity contribution in [3.8, 4) is 0 Å². The summed E-state index contributed by atoms with van der Waals surface area (Å²) >= 11 is 0. The van der Waals surface area contributed by atoms with E-state index in [4.69, 9.17) is 5.11 Å². The summed E-state index contributed by atoms with van der Waals surface area (Å²) in [6.07, 6.45) is 2.07. The monoisotopic (exact) mass is 334 g/mol. The van der Waals surface area contributed by atoms with Gasteiger partial charge in [-0.2, -0.15) is 0 Å². The zero-order valence-electron chi connectivity index (χ0n) is 9.02. The van der Waals surface area contributed by atoms with Gasteiger partial charge in [-0.25, -0.2) is 4.79 Å². The van der Waals surface area contributed by atoms with Gasteiger partial charge in [-0.3, -0.25) is 4.79 Å². The number of amides is 1. The number of hydrogen-bond donors (Lipinski definition) is 1. The molecule has 0 spiro atoms. The van der Waals surface area contributed by atoms with Crippen LogP contribution in [0.3, 0.4) is 0 Å². The molecule has 0 aliphatic carbocycles. The molecule has 0 saturated carbocycles. The molecule has 3 N–H and O–H groups in total. The topological polar surface area (TPSA) is 131 Å². The van der Waals surface area contributed by atoms with Crippen molar-refractivity contribution in [1.82, 2.24) is 4.90 Å². The standard InChI is InChI=1S/C5H4O3.C3H7NO.Co.Fe.H2O.O/c6-5(7)4-2-1-3-8-4;1-4(2)3-5;;;;/h1-3H,(H,6,7);3H,1-2H3;;;1H2;/q;;+2;+3;;-2. The van der Waals surface area contributed by atoms with Crippen molar-refractivity contribution in [2.75, 3.05) is 14.1 Å². The molecule has 2 radical (unpaired) electrons. The van der Waals surface area contributed by atoms with Crippen LogP contribution in [0.5, 0.6) is 0 Å². The van der Waals surface area contributed by atoms with E-state index in [1.807, 2.05) is 0 Å². The van der Waals surface area contributed by atoms with Crippen LogP contribution in [0.2, 0.25) is 0 Å². The first-order valence-corrected chi connectivity index (χ1v) is 3.46. The molecule has 0 fully saturated rings. The molecule has 1 amide bonds. The summed E-state index contributed by atoms with van der Waals surface area (Å²) < 4.78 is 4.50. The van der Waals surface area contributed by atoms with Crippen LogP contribution in [0.4, 0.5) is 0 Å². The fraction of sp³-hybridized carbons (Fsp3) is 0.250. The Balaban J connectivity index is -0.0000000489. The average molecular weight is 334 g/mol. The summed E-state index contributed by atoms with van der Waals surface area (Å²) in [5, 5.41) is 8.18. The number of nitrogens with zero attached hydrogens (tertiary/aromatic N) is 1. The van der Waals surface area contributed by atoms with Crippen molar-refractivity contribution < 1.29 is 63.9 Å². The minimum atomic E-state index is -1.03. The van der Waals surface area contributed by atoms with Crippen molar-refractivity contribution in [1.29, 1.82) is 0 Å². The molecule has 0 atom stereocenters. The van der Waals surface area contributed by atoms with Crippen LogP contribution in [-0.4, -0.2) is 42.0 Å². The van der Waals surface area contributed by atoms with Gasteiger partial charge in [0.1, 0.15) is 0 Å². The molecule has 0 unspecified atom stereocenters. The Labute approximate surface area is 119 Å². The maximum Gasteiger partial charge on any atom is 3.00 e. The third-order valence-corrected chi connectivity index (χ3v) is 0.943. The zero-order chi connectivity index (χ0) is 10.3. The quantitative estimate of drug-likeness (QED) is 0.589. The number of furan rings is 1. The second-order valence-corrected chi connectivity index (χ2v) is 2.35. The van der Waals surface area contributed by atoms with Gasteiger partial charge in [-0.15, -0.1) is 0 Å². The number of rotatable bonds is 2. The molecule has 7 nitrogen and oxygen atoms in total. The summed E-state index contributed by atoms with van der Waals surface area (Å²) in [5.74, 6) is -1.06. The van der Waals surface area contributed by atoms with Gasteiger partial charge >= 0.3 is 39.8 Å². The number of carbonyl (C=O) groups excluding carboxylic acids is 1. The smallest absolute Gasteiger partial charge is 2.00 e. The summed E-state index contributed by atoms with van der Waals surface area (Å²) in [7, 11) is 3.38. The predicted molar refractivity (Wildman–Crippen MR) is 49.7 cm³/mol. The first kappa shape index (κ1) is 29.8. The van der Waals surface area contributed by atoms with Gasteiger partial charge in [0.2, 0.25) is 12.2 Å². The predicted octanol–water partition coefficient (Wildman–Crippen LogP) is -0.266. The molecule has 100 valence electrons. The number of aromatic carboxylic acids is 1. The molecule has 0 aliphatic heterocycles. The molecule has 0 aromatic carbocycles. The maximum atomic E-state index is 9.97. The van der Waals surface area contributed by atoms with E-state index < -0.39 is 5.97 Å². The normalized spacial score (nSPS) is 6.24. The summed E-state index contributed by atoms with van der Waals surface area (Å²) in [4.78, 5) is 20.8.